The molecule has 0 atom stereocenters. The zero-order valence-electron chi connectivity index (χ0n) is 10.1. The van der Waals surface area contributed by atoms with Gasteiger partial charge in [-0.3, -0.25) is 4.79 Å². The van der Waals surface area contributed by atoms with E-state index in [2.05, 4.69) is 33.2 Å². The zero-order valence-corrected chi connectivity index (χ0v) is 12.5. The van der Waals surface area contributed by atoms with E-state index in [-0.39, 0.29) is 5.91 Å². The number of hydrogen-bond donors (Lipinski definition) is 1. The Hall–Kier alpha value is -0.390. The van der Waals surface area contributed by atoms with Crippen LogP contribution in [-0.4, -0.2) is 37.0 Å². The molecule has 1 fully saturated rings. The first-order chi connectivity index (χ1) is 8.08. The summed E-state index contributed by atoms with van der Waals surface area (Å²) in [6, 6.07) is 2.68. The third-order valence-electron chi connectivity index (χ3n) is 3.00. The minimum absolute atomic E-state index is 0.0352. The fourth-order valence-corrected chi connectivity index (χ4v) is 3.15. The maximum Gasteiger partial charge on any atom is 0.261 e. The van der Waals surface area contributed by atoms with Crippen LogP contribution in [0.1, 0.15) is 28.1 Å². The third kappa shape index (κ3) is 3.53. The van der Waals surface area contributed by atoms with Crippen LogP contribution in [0.5, 0.6) is 0 Å². The molecule has 1 aromatic heterocycles. The molecule has 17 heavy (non-hydrogen) atoms. The lowest BCUT2D eigenvalue weighted by molar-refractivity contribution is 0.0953. The minimum atomic E-state index is 0.0352. The first-order valence-electron chi connectivity index (χ1n) is 5.82. The number of thiophene rings is 1. The molecule has 1 heterocycles. The number of hydrogen-bond acceptors (Lipinski definition) is 3. The van der Waals surface area contributed by atoms with Crippen LogP contribution < -0.4 is 5.32 Å². The highest BCUT2D eigenvalue weighted by atomic mass is 79.9. The monoisotopic (exact) mass is 316 g/mol. The van der Waals surface area contributed by atoms with Crippen molar-refractivity contribution in [2.24, 2.45) is 0 Å². The summed E-state index contributed by atoms with van der Waals surface area (Å²) >= 11 is 4.92. The lowest BCUT2D eigenvalue weighted by Gasteiger charge is -2.15. The van der Waals surface area contributed by atoms with E-state index in [1.54, 1.807) is 0 Å². The standard InChI is InChI=1S/C12H17BrN2OS/c1-8-7-10(17-11(8)13)12(16)14-5-6-15(2)9-3-4-9/h7,9H,3-6H2,1-2H3,(H,14,16). The van der Waals surface area contributed by atoms with Gasteiger partial charge in [0.05, 0.1) is 8.66 Å². The topological polar surface area (TPSA) is 32.3 Å². The number of aryl methyl sites for hydroxylation is 1. The molecule has 3 nitrogen and oxygen atoms in total. The smallest absolute Gasteiger partial charge is 0.261 e. The molecule has 0 aliphatic heterocycles. The van der Waals surface area contributed by atoms with E-state index in [1.807, 2.05) is 13.0 Å². The fraction of sp³-hybridized carbons (Fsp3) is 0.583. The van der Waals surface area contributed by atoms with Gasteiger partial charge >= 0.3 is 0 Å². The molecule has 0 aromatic carbocycles. The molecule has 0 bridgehead atoms. The second-order valence-electron chi connectivity index (χ2n) is 4.54. The highest BCUT2D eigenvalue weighted by Crippen LogP contribution is 2.27. The van der Waals surface area contributed by atoms with Crippen LogP contribution in [0.15, 0.2) is 9.85 Å². The molecule has 0 spiro atoms. The van der Waals surface area contributed by atoms with Crippen molar-refractivity contribution in [3.05, 3.63) is 20.3 Å². The maximum atomic E-state index is 11.8. The quantitative estimate of drug-likeness (QED) is 0.905. The molecule has 1 amide bonds. The highest BCUT2D eigenvalue weighted by molar-refractivity contribution is 9.11. The van der Waals surface area contributed by atoms with Gasteiger partial charge in [0.1, 0.15) is 0 Å². The summed E-state index contributed by atoms with van der Waals surface area (Å²) < 4.78 is 1.04. The molecule has 1 aliphatic carbocycles. The van der Waals surface area contributed by atoms with Gasteiger partial charge in [-0.25, -0.2) is 0 Å². The van der Waals surface area contributed by atoms with Crippen LogP contribution in [0.2, 0.25) is 0 Å². The van der Waals surface area contributed by atoms with Gasteiger partial charge in [0.25, 0.3) is 5.91 Å². The number of halogens is 1. The number of nitrogens with one attached hydrogen (secondary N) is 1. The lowest BCUT2D eigenvalue weighted by atomic mass is 10.3. The van der Waals surface area contributed by atoms with E-state index in [0.29, 0.717) is 0 Å². The number of nitrogens with zero attached hydrogens (tertiary/aromatic N) is 1. The number of rotatable bonds is 5. The summed E-state index contributed by atoms with van der Waals surface area (Å²) in [6.07, 6.45) is 2.61. The Morgan fingerprint density at radius 2 is 2.35 bits per heavy atom. The van der Waals surface area contributed by atoms with Crippen molar-refractivity contribution >= 4 is 33.2 Å². The van der Waals surface area contributed by atoms with Gasteiger partial charge in [-0.1, -0.05) is 0 Å². The molecule has 1 saturated carbocycles. The van der Waals surface area contributed by atoms with Gasteiger partial charge in [0.2, 0.25) is 0 Å². The molecular formula is C12H17BrN2OS. The van der Waals surface area contributed by atoms with Crippen molar-refractivity contribution in [1.29, 1.82) is 0 Å². The number of carbonyl (C=O) groups excluding carboxylic acids is 1. The van der Waals surface area contributed by atoms with Gasteiger partial charge < -0.3 is 10.2 Å². The van der Waals surface area contributed by atoms with Crippen molar-refractivity contribution in [1.82, 2.24) is 10.2 Å². The van der Waals surface area contributed by atoms with Crippen molar-refractivity contribution in [3.63, 3.8) is 0 Å². The van der Waals surface area contributed by atoms with Crippen molar-refractivity contribution in [3.8, 4) is 0 Å². The largest absolute Gasteiger partial charge is 0.350 e. The van der Waals surface area contributed by atoms with E-state index in [1.165, 1.54) is 24.2 Å². The van der Waals surface area contributed by atoms with Crippen molar-refractivity contribution in [2.75, 3.05) is 20.1 Å². The van der Waals surface area contributed by atoms with Gasteiger partial charge in [-0.2, -0.15) is 0 Å². The molecule has 0 saturated heterocycles. The summed E-state index contributed by atoms with van der Waals surface area (Å²) in [6.45, 7) is 3.65. The van der Waals surface area contributed by atoms with Crippen LogP contribution in [-0.2, 0) is 0 Å². The highest BCUT2D eigenvalue weighted by Gasteiger charge is 2.25. The third-order valence-corrected chi connectivity index (χ3v) is 5.14. The predicted molar refractivity (Wildman–Crippen MR) is 74.7 cm³/mol. The Labute approximate surface area is 114 Å². The lowest BCUT2D eigenvalue weighted by Crippen LogP contribution is -2.33. The molecule has 0 unspecified atom stereocenters. The molecule has 5 heteroatoms. The Morgan fingerprint density at radius 1 is 1.65 bits per heavy atom. The van der Waals surface area contributed by atoms with Crippen LogP contribution in [0.25, 0.3) is 0 Å². The fourth-order valence-electron chi connectivity index (χ4n) is 1.70. The average molecular weight is 317 g/mol. The number of carbonyl (C=O) groups is 1. The number of amides is 1. The zero-order chi connectivity index (χ0) is 12.4. The Kier molecular flexibility index (Phi) is 4.22. The minimum Gasteiger partial charge on any atom is -0.350 e. The maximum absolute atomic E-state index is 11.8. The molecule has 94 valence electrons. The predicted octanol–water partition coefficient (Wildman–Crippen LogP) is 2.64. The van der Waals surface area contributed by atoms with Gasteiger partial charge in [0, 0.05) is 19.1 Å². The Morgan fingerprint density at radius 3 is 2.88 bits per heavy atom. The second-order valence-corrected chi connectivity index (χ2v) is 6.91. The molecular weight excluding hydrogens is 300 g/mol. The first kappa shape index (κ1) is 13.1. The summed E-state index contributed by atoms with van der Waals surface area (Å²) in [5.74, 6) is 0.0352. The number of likely N-dealkylation sites (N-methyl/N-ethyl adjacent to an activating group) is 1. The SMILES string of the molecule is Cc1cc(C(=O)NCCN(C)C2CC2)sc1Br. The summed E-state index contributed by atoms with van der Waals surface area (Å²) in [5.41, 5.74) is 1.12. The van der Waals surface area contributed by atoms with Crippen LogP contribution in [0.4, 0.5) is 0 Å². The first-order valence-corrected chi connectivity index (χ1v) is 7.43. The summed E-state index contributed by atoms with van der Waals surface area (Å²) in [7, 11) is 2.12. The summed E-state index contributed by atoms with van der Waals surface area (Å²) in [4.78, 5) is 14.9. The molecule has 1 N–H and O–H groups in total. The van der Waals surface area contributed by atoms with Crippen LogP contribution in [0, 0.1) is 6.92 Å². The molecule has 1 aromatic rings. The van der Waals surface area contributed by atoms with Gasteiger partial charge in [-0.15, -0.1) is 11.3 Å². The van der Waals surface area contributed by atoms with E-state index >= 15 is 0 Å². The summed E-state index contributed by atoms with van der Waals surface area (Å²) in [5, 5.41) is 2.96. The van der Waals surface area contributed by atoms with E-state index in [0.717, 1.165) is 33.4 Å². The van der Waals surface area contributed by atoms with Gasteiger partial charge in [-0.05, 0) is 54.4 Å². The van der Waals surface area contributed by atoms with E-state index in [4.69, 9.17) is 0 Å². The average Bonchev–Trinajstić information content (AvgIpc) is 3.06. The molecule has 0 radical (unpaired) electrons. The van der Waals surface area contributed by atoms with Gasteiger partial charge in [0.15, 0.2) is 0 Å². The Balaban J connectivity index is 1.76. The molecule has 1 aliphatic rings. The van der Waals surface area contributed by atoms with Crippen LogP contribution >= 0.6 is 27.3 Å². The van der Waals surface area contributed by atoms with Crippen LogP contribution in [0.3, 0.4) is 0 Å². The van der Waals surface area contributed by atoms with Crippen molar-refractivity contribution in [2.45, 2.75) is 25.8 Å². The second kappa shape index (κ2) is 5.50. The Bertz CT molecular complexity index is 395. The molecule has 2 rings (SSSR count). The van der Waals surface area contributed by atoms with E-state index < -0.39 is 0 Å². The van der Waals surface area contributed by atoms with Crippen molar-refractivity contribution < 1.29 is 4.79 Å². The van der Waals surface area contributed by atoms with E-state index in [9.17, 15) is 4.79 Å². The normalized spacial score (nSPS) is 15.3.